The molecule has 2 N–H and O–H groups in total. The first-order valence-corrected chi connectivity index (χ1v) is 8.53. The molecule has 27 heavy (non-hydrogen) atoms. The Bertz CT molecular complexity index is 878. The van der Waals surface area contributed by atoms with Crippen molar-refractivity contribution in [3.8, 4) is 5.82 Å². The lowest BCUT2D eigenvalue weighted by Gasteiger charge is -2.10. The number of urea groups is 1. The van der Waals surface area contributed by atoms with Crippen molar-refractivity contribution in [2.45, 2.75) is 33.7 Å². The van der Waals surface area contributed by atoms with Gasteiger partial charge in [0.05, 0.1) is 10.7 Å². The fourth-order valence-corrected chi connectivity index (χ4v) is 2.40. The van der Waals surface area contributed by atoms with Gasteiger partial charge in [0.2, 0.25) is 0 Å². The average molecular weight is 394 g/mol. The molecule has 0 unspecified atom stereocenters. The average Bonchev–Trinajstić information content (AvgIpc) is 2.90. The molecule has 0 aromatic carbocycles. The molecule has 0 saturated heterocycles. The van der Waals surface area contributed by atoms with Crippen LogP contribution in [0.2, 0.25) is 5.02 Å². The zero-order valence-corrected chi connectivity index (χ0v) is 16.1. The minimum Gasteiger partial charge on any atom is -0.451 e. The Hall–Kier alpha value is -2.94. The van der Waals surface area contributed by atoms with Crippen LogP contribution in [0.5, 0.6) is 0 Å². The molecule has 2 aromatic rings. The third kappa shape index (κ3) is 5.52. The molecule has 0 saturated carbocycles. The normalized spacial score (nSPS) is 10.6. The molecule has 9 nitrogen and oxygen atoms in total. The lowest BCUT2D eigenvalue weighted by Crippen LogP contribution is -2.44. The molecule has 2 rings (SSSR count). The van der Waals surface area contributed by atoms with E-state index in [1.165, 1.54) is 6.07 Å². The highest BCUT2D eigenvalue weighted by atomic mass is 35.5. The lowest BCUT2D eigenvalue weighted by molar-refractivity contribution is -0.123. The minimum absolute atomic E-state index is 0.0724. The molecule has 144 valence electrons. The van der Waals surface area contributed by atoms with E-state index < -0.39 is 24.5 Å². The number of carbonyl (C=O) groups excluding carboxylic acids is 3. The third-order valence-corrected chi connectivity index (χ3v) is 3.56. The van der Waals surface area contributed by atoms with E-state index in [1.807, 2.05) is 25.2 Å². The van der Waals surface area contributed by atoms with Crippen LogP contribution < -0.4 is 10.6 Å². The number of imide groups is 1. The Morgan fingerprint density at radius 3 is 2.56 bits per heavy atom. The van der Waals surface area contributed by atoms with Gasteiger partial charge < -0.3 is 10.1 Å². The van der Waals surface area contributed by atoms with Crippen LogP contribution in [0.4, 0.5) is 4.79 Å². The number of esters is 1. The molecule has 10 heteroatoms. The van der Waals surface area contributed by atoms with Crippen LogP contribution >= 0.6 is 11.6 Å². The van der Waals surface area contributed by atoms with Gasteiger partial charge in [-0.1, -0.05) is 11.6 Å². The summed E-state index contributed by atoms with van der Waals surface area (Å²) in [7, 11) is 0. The first-order valence-electron chi connectivity index (χ1n) is 8.15. The second-order valence-electron chi connectivity index (χ2n) is 6.09. The Morgan fingerprint density at radius 2 is 1.96 bits per heavy atom. The van der Waals surface area contributed by atoms with Crippen molar-refractivity contribution < 1.29 is 19.1 Å². The number of halogens is 1. The molecule has 0 aliphatic heterocycles. The number of carbonyl (C=O) groups is 3. The van der Waals surface area contributed by atoms with Gasteiger partial charge in [0, 0.05) is 11.7 Å². The Kier molecular flexibility index (Phi) is 6.51. The Morgan fingerprint density at radius 1 is 1.26 bits per heavy atom. The molecule has 2 aromatic heterocycles. The largest absolute Gasteiger partial charge is 0.451 e. The van der Waals surface area contributed by atoms with E-state index in [9.17, 15) is 14.4 Å². The van der Waals surface area contributed by atoms with Gasteiger partial charge in [0.1, 0.15) is 0 Å². The van der Waals surface area contributed by atoms with Crippen molar-refractivity contribution in [1.29, 1.82) is 0 Å². The number of hydrogen-bond donors (Lipinski definition) is 2. The quantitative estimate of drug-likeness (QED) is 0.750. The number of nitrogens with one attached hydrogen (secondary N) is 2. The molecule has 0 spiro atoms. The molecule has 0 atom stereocenters. The molecular formula is C17H20ClN5O4. The summed E-state index contributed by atoms with van der Waals surface area (Å²) in [5.74, 6) is -1.27. The zero-order chi connectivity index (χ0) is 20.1. The van der Waals surface area contributed by atoms with Gasteiger partial charge in [-0.3, -0.25) is 10.1 Å². The van der Waals surface area contributed by atoms with E-state index in [0.717, 1.165) is 11.4 Å². The minimum atomic E-state index is -0.886. The van der Waals surface area contributed by atoms with Crippen molar-refractivity contribution in [3.63, 3.8) is 0 Å². The Labute approximate surface area is 161 Å². The van der Waals surface area contributed by atoms with E-state index in [-0.39, 0.29) is 16.8 Å². The molecule has 0 radical (unpaired) electrons. The SMILES string of the molecule is Cc1cc(C)n(-c2ccc(Cl)c(C(=O)OCC(=O)NC(=O)NC(C)C)n2)n1. The van der Waals surface area contributed by atoms with Crippen molar-refractivity contribution in [2.75, 3.05) is 6.61 Å². The number of hydrogen-bond acceptors (Lipinski definition) is 6. The van der Waals surface area contributed by atoms with Gasteiger partial charge in [-0.2, -0.15) is 5.10 Å². The lowest BCUT2D eigenvalue weighted by atomic mass is 10.3. The van der Waals surface area contributed by atoms with E-state index >= 15 is 0 Å². The summed E-state index contributed by atoms with van der Waals surface area (Å²) in [5.41, 5.74) is 1.48. The molecule has 0 aliphatic carbocycles. The topological polar surface area (TPSA) is 115 Å². The summed E-state index contributed by atoms with van der Waals surface area (Å²) >= 11 is 6.02. The number of aryl methyl sites for hydroxylation is 2. The molecule has 0 bridgehead atoms. The number of rotatable bonds is 5. The van der Waals surface area contributed by atoms with E-state index in [4.69, 9.17) is 16.3 Å². The maximum Gasteiger partial charge on any atom is 0.359 e. The smallest absolute Gasteiger partial charge is 0.359 e. The van der Waals surface area contributed by atoms with Gasteiger partial charge in [-0.25, -0.2) is 19.3 Å². The van der Waals surface area contributed by atoms with Gasteiger partial charge in [-0.05, 0) is 45.9 Å². The molecule has 0 fully saturated rings. The van der Waals surface area contributed by atoms with Crippen molar-refractivity contribution >= 4 is 29.5 Å². The van der Waals surface area contributed by atoms with Crippen molar-refractivity contribution in [3.05, 3.63) is 40.3 Å². The van der Waals surface area contributed by atoms with Crippen LogP contribution in [0.3, 0.4) is 0 Å². The van der Waals surface area contributed by atoms with Gasteiger partial charge >= 0.3 is 12.0 Å². The summed E-state index contributed by atoms with van der Waals surface area (Å²) in [4.78, 5) is 39.5. The van der Waals surface area contributed by atoms with E-state index in [1.54, 1.807) is 24.6 Å². The number of aromatic nitrogens is 3. The highest BCUT2D eigenvalue weighted by molar-refractivity contribution is 6.33. The fraction of sp³-hybridized carbons (Fsp3) is 0.353. The van der Waals surface area contributed by atoms with Crippen LogP contribution in [0.15, 0.2) is 18.2 Å². The Balaban J connectivity index is 2.06. The molecular weight excluding hydrogens is 374 g/mol. The first-order chi connectivity index (χ1) is 12.7. The van der Waals surface area contributed by atoms with Crippen LogP contribution in [0.1, 0.15) is 35.7 Å². The van der Waals surface area contributed by atoms with Crippen LogP contribution in [-0.2, 0) is 9.53 Å². The van der Waals surface area contributed by atoms with Gasteiger partial charge in [0.15, 0.2) is 18.1 Å². The van der Waals surface area contributed by atoms with Gasteiger partial charge in [-0.15, -0.1) is 0 Å². The molecule has 3 amide bonds. The van der Waals surface area contributed by atoms with Crippen LogP contribution in [0.25, 0.3) is 5.82 Å². The van der Waals surface area contributed by atoms with Crippen LogP contribution in [-0.4, -0.2) is 45.3 Å². The predicted octanol–water partition coefficient (Wildman–Crippen LogP) is 1.93. The predicted molar refractivity (Wildman–Crippen MR) is 97.9 cm³/mol. The number of pyridine rings is 1. The summed E-state index contributed by atoms with van der Waals surface area (Å²) in [5, 5.41) is 8.89. The van der Waals surface area contributed by atoms with E-state index in [2.05, 4.69) is 15.4 Å². The van der Waals surface area contributed by atoms with E-state index in [0.29, 0.717) is 5.82 Å². The summed E-state index contributed by atoms with van der Waals surface area (Å²) in [6, 6.07) is 4.16. The fourth-order valence-electron chi connectivity index (χ4n) is 2.21. The summed E-state index contributed by atoms with van der Waals surface area (Å²) < 4.78 is 6.46. The first kappa shape index (κ1) is 20.4. The number of ether oxygens (including phenoxy) is 1. The highest BCUT2D eigenvalue weighted by Crippen LogP contribution is 2.18. The van der Waals surface area contributed by atoms with Crippen LogP contribution in [0, 0.1) is 13.8 Å². The summed E-state index contributed by atoms with van der Waals surface area (Å²) in [6.07, 6.45) is 0. The van der Waals surface area contributed by atoms with Gasteiger partial charge in [0.25, 0.3) is 5.91 Å². The highest BCUT2D eigenvalue weighted by Gasteiger charge is 2.18. The second-order valence-corrected chi connectivity index (χ2v) is 6.50. The third-order valence-electron chi connectivity index (χ3n) is 3.26. The maximum atomic E-state index is 12.2. The summed E-state index contributed by atoms with van der Waals surface area (Å²) in [6.45, 7) is 6.52. The monoisotopic (exact) mass is 393 g/mol. The van der Waals surface area contributed by atoms with Crippen molar-refractivity contribution in [2.24, 2.45) is 0 Å². The standard InChI is InChI=1S/C17H20ClN5O4/c1-9(2)19-17(26)21-14(24)8-27-16(25)15-12(18)5-6-13(20-15)23-11(4)7-10(3)22-23/h5-7,9H,8H2,1-4H3,(H2,19,21,24,26). The zero-order valence-electron chi connectivity index (χ0n) is 15.4. The number of nitrogens with zero attached hydrogens (tertiary/aromatic N) is 3. The molecule has 0 aliphatic rings. The second kappa shape index (κ2) is 8.63. The number of amides is 3. The maximum absolute atomic E-state index is 12.2. The molecule has 2 heterocycles. The van der Waals surface area contributed by atoms with Crippen molar-refractivity contribution in [1.82, 2.24) is 25.4 Å².